The van der Waals surface area contributed by atoms with Gasteiger partial charge in [-0.25, -0.2) is 0 Å². The standard InChI is InChI=1S/C20H15N3OS/c1-2-7-15(8-3-1)14-25-18-11-5-4-10-17(18)20-22-19(23-24-20)16-9-6-12-21-13-16/h1-13H,14H2. The average Bonchev–Trinajstić information content (AvgIpc) is 3.18. The predicted molar refractivity (Wildman–Crippen MR) is 99.0 cm³/mol. The Morgan fingerprint density at radius 2 is 1.72 bits per heavy atom. The number of rotatable bonds is 5. The Morgan fingerprint density at radius 1 is 0.880 bits per heavy atom. The van der Waals surface area contributed by atoms with Gasteiger partial charge in [-0.1, -0.05) is 47.6 Å². The van der Waals surface area contributed by atoms with Crippen molar-refractivity contribution in [2.45, 2.75) is 10.6 Å². The van der Waals surface area contributed by atoms with Crippen molar-refractivity contribution in [1.29, 1.82) is 0 Å². The lowest BCUT2D eigenvalue weighted by Crippen LogP contribution is -1.85. The van der Waals surface area contributed by atoms with Crippen LogP contribution < -0.4 is 0 Å². The molecule has 0 spiro atoms. The van der Waals surface area contributed by atoms with E-state index in [1.807, 2.05) is 36.4 Å². The molecule has 0 bridgehead atoms. The van der Waals surface area contributed by atoms with Crippen LogP contribution in [0.15, 0.2) is 88.5 Å². The molecular weight excluding hydrogens is 330 g/mol. The molecule has 0 fully saturated rings. The summed E-state index contributed by atoms with van der Waals surface area (Å²) in [4.78, 5) is 9.75. The van der Waals surface area contributed by atoms with Crippen molar-refractivity contribution in [2.75, 3.05) is 0 Å². The van der Waals surface area contributed by atoms with Crippen molar-refractivity contribution in [3.05, 3.63) is 84.7 Å². The maximum atomic E-state index is 5.50. The van der Waals surface area contributed by atoms with Gasteiger partial charge in [0.2, 0.25) is 5.82 Å². The van der Waals surface area contributed by atoms with Crippen LogP contribution >= 0.6 is 11.8 Å². The predicted octanol–water partition coefficient (Wildman–Crippen LogP) is 5.09. The van der Waals surface area contributed by atoms with Gasteiger partial charge in [-0.05, 0) is 29.8 Å². The van der Waals surface area contributed by atoms with E-state index in [2.05, 4.69) is 45.5 Å². The molecule has 0 amide bonds. The van der Waals surface area contributed by atoms with Crippen LogP contribution in [0.4, 0.5) is 0 Å². The van der Waals surface area contributed by atoms with Crippen LogP contribution in [0.3, 0.4) is 0 Å². The van der Waals surface area contributed by atoms with E-state index >= 15 is 0 Å². The molecule has 0 unspecified atom stereocenters. The molecule has 122 valence electrons. The molecule has 4 nitrogen and oxygen atoms in total. The molecule has 0 aliphatic carbocycles. The van der Waals surface area contributed by atoms with Crippen molar-refractivity contribution in [3.63, 3.8) is 0 Å². The first-order valence-corrected chi connectivity index (χ1v) is 8.89. The monoisotopic (exact) mass is 345 g/mol. The average molecular weight is 345 g/mol. The van der Waals surface area contributed by atoms with Gasteiger partial charge in [0.1, 0.15) is 0 Å². The summed E-state index contributed by atoms with van der Waals surface area (Å²) in [5.41, 5.74) is 3.07. The number of hydrogen-bond acceptors (Lipinski definition) is 5. The summed E-state index contributed by atoms with van der Waals surface area (Å²) in [5.74, 6) is 1.96. The smallest absolute Gasteiger partial charge is 0.259 e. The lowest BCUT2D eigenvalue weighted by atomic mass is 10.2. The van der Waals surface area contributed by atoms with E-state index in [9.17, 15) is 0 Å². The first-order valence-electron chi connectivity index (χ1n) is 7.90. The van der Waals surface area contributed by atoms with Crippen LogP contribution in [0.25, 0.3) is 22.8 Å². The zero-order valence-electron chi connectivity index (χ0n) is 13.4. The largest absolute Gasteiger partial charge is 0.334 e. The number of pyridine rings is 1. The lowest BCUT2D eigenvalue weighted by Gasteiger charge is -2.05. The normalized spacial score (nSPS) is 10.7. The fourth-order valence-electron chi connectivity index (χ4n) is 2.45. The number of nitrogens with zero attached hydrogens (tertiary/aromatic N) is 3. The molecular formula is C20H15N3OS. The van der Waals surface area contributed by atoms with E-state index in [4.69, 9.17) is 4.52 Å². The molecule has 4 aromatic rings. The fraction of sp³-hybridized carbons (Fsp3) is 0.0500. The summed E-state index contributed by atoms with van der Waals surface area (Å²) in [5, 5.41) is 4.09. The molecule has 5 heteroatoms. The van der Waals surface area contributed by atoms with Gasteiger partial charge < -0.3 is 4.52 Å². The molecule has 2 heterocycles. The number of hydrogen-bond donors (Lipinski definition) is 0. The third-order valence-electron chi connectivity index (χ3n) is 3.70. The molecule has 25 heavy (non-hydrogen) atoms. The number of thioether (sulfide) groups is 1. The molecule has 0 atom stereocenters. The highest BCUT2D eigenvalue weighted by molar-refractivity contribution is 7.98. The summed E-state index contributed by atoms with van der Waals surface area (Å²) in [6, 6.07) is 22.3. The first-order chi connectivity index (χ1) is 12.4. The Labute approximate surface area is 149 Å². The third kappa shape index (κ3) is 3.61. The molecule has 0 saturated heterocycles. The molecule has 0 aliphatic heterocycles. The molecule has 2 aromatic carbocycles. The van der Waals surface area contributed by atoms with Crippen molar-refractivity contribution >= 4 is 11.8 Å². The van der Waals surface area contributed by atoms with Crippen LogP contribution in [-0.2, 0) is 5.75 Å². The zero-order valence-corrected chi connectivity index (χ0v) is 14.2. The highest BCUT2D eigenvalue weighted by Crippen LogP contribution is 2.33. The van der Waals surface area contributed by atoms with Gasteiger partial charge in [0.25, 0.3) is 5.89 Å². The molecule has 0 radical (unpaired) electrons. The van der Waals surface area contributed by atoms with E-state index in [0.29, 0.717) is 11.7 Å². The van der Waals surface area contributed by atoms with E-state index in [1.54, 1.807) is 24.2 Å². The highest BCUT2D eigenvalue weighted by Gasteiger charge is 2.14. The molecule has 4 rings (SSSR count). The second kappa shape index (κ2) is 7.32. The summed E-state index contributed by atoms with van der Waals surface area (Å²) in [7, 11) is 0. The van der Waals surface area contributed by atoms with Gasteiger partial charge in [-0.2, -0.15) is 4.98 Å². The van der Waals surface area contributed by atoms with Gasteiger partial charge in [-0.3, -0.25) is 4.98 Å². The lowest BCUT2D eigenvalue weighted by molar-refractivity contribution is 0.431. The zero-order chi connectivity index (χ0) is 16.9. The first kappa shape index (κ1) is 15.6. The molecule has 2 aromatic heterocycles. The number of aromatic nitrogens is 3. The second-order valence-electron chi connectivity index (χ2n) is 5.44. The fourth-order valence-corrected chi connectivity index (χ4v) is 3.45. The maximum absolute atomic E-state index is 5.50. The van der Waals surface area contributed by atoms with Gasteiger partial charge in [-0.15, -0.1) is 11.8 Å². The van der Waals surface area contributed by atoms with Gasteiger partial charge in [0, 0.05) is 28.6 Å². The Balaban J connectivity index is 1.60. The minimum absolute atomic E-state index is 0.523. The van der Waals surface area contributed by atoms with Crippen LogP contribution in [0.2, 0.25) is 0 Å². The topological polar surface area (TPSA) is 51.8 Å². The minimum Gasteiger partial charge on any atom is -0.334 e. The van der Waals surface area contributed by atoms with Crippen molar-refractivity contribution in [1.82, 2.24) is 15.1 Å². The SMILES string of the molecule is c1ccc(CSc2ccccc2-c2nc(-c3cccnc3)no2)cc1. The summed E-state index contributed by atoms with van der Waals surface area (Å²) in [6.07, 6.45) is 3.45. The van der Waals surface area contributed by atoms with Crippen LogP contribution in [-0.4, -0.2) is 15.1 Å². The van der Waals surface area contributed by atoms with E-state index in [1.165, 1.54) is 5.56 Å². The molecule has 0 N–H and O–H groups in total. The van der Waals surface area contributed by atoms with Crippen LogP contribution in [0.1, 0.15) is 5.56 Å². The van der Waals surface area contributed by atoms with Gasteiger partial charge in [0.15, 0.2) is 0 Å². The minimum atomic E-state index is 0.523. The maximum Gasteiger partial charge on any atom is 0.259 e. The van der Waals surface area contributed by atoms with Crippen molar-refractivity contribution < 1.29 is 4.52 Å². The number of benzene rings is 2. The Hall–Kier alpha value is -2.92. The Bertz CT molecular complexity index is 955. The third-order valence-corrected chi connectivity index (χ3v) is 4.85. The second-order valence-corrected chi connectivity index (χ2v) is 6.45. The molecule has 0 aliphatic rings. The Kier molecular flexibility index (Phi) is 4.57. The van der Waals surface area contributed by atoms with Crippen LogP contribution in [0, 0.1) is 0 Å². The van der Waals surface area contributed by atoms with Crippen molar-refractivity contribution in [3.8, 4) is 22.8 Å². The summed E-state index contributed by atoms with van der Waals surface area (Å²) < 4.78 is 5.50. The summed E-state index contributed by atoms with van der Waals surface area (Å²) in [6.45, 7) is 0. The van der Waals surface area contributed by atoms with Gasteiger partial charge >= 0.3 is 0 Å². The van der Waals surface area contributed by atoms with Crippen LogP contribution in [0.5, 0.6) is 0 Å². The van der Waals surface area contributed by atoms with Gasteiger partial charge in [0.05, 0.1) is 5.56 Å². The quantitative estimate of drug-likeness (QED) is 0.472. The highest BCUT2D eigenvalue weighted by atomic mass is 32.2. The van der Waals surface area contributed by atoms with E-state index in [0.717, 1.165) is 21.8 Å². The summed E-state index contributed by atoms with van der Waals surface area (Å²) >= 11 is 1.76. The van der Waals surface area contributed by atoms with Crippen molar-refractivity contribution in [2.24, 2.45) is 0 Å². The molecule has 0 saturated carbocycles. The van der Waals surface area contributed by atoms with E-state index in [-0.39, 0.29) is 0 Å². The van der Waals surface area contributed by atoms with E-state index < -0.39 is 0 Å². The Morgan fingerprint density at radius 3 is 2.56 bits per heavy atom.